The molecule has 1 aromatic heterocycles. The van der Waals surface area contributed by atoms with Gasteiger partial charge in [-0.15, -0.1) is 0 Å². The van der Waals surface area contributed by atoms with Crippen molar-refractivity contribution in [1.29, 1.82) is 0 Å². The van der Waals surface area contributed by atoms with E-state index in [0.29, 0.717) is 16.8 Å². The Bertz CT molecular complexity index is 1500. The van der Waals surface area contributed by atoms with Crippen LogP contribution < -0.4 is 15.7 Å². The maximum Gasteiger partial charge on any atom is 0.328 e. The zero-order valence-corrected chi connectivity index (χ0v) is 18.5. The van der Waals surface area contributed by atoms with Crippen LogP contribution in [-0.2, 0) is 23.9 Å². The van der Waals surface area contributed by atoms with Gasteiger partial charge < -0.3 is 10.1 Å². The smallest absolute Gasteiger partial charge is 0.328 e. The molecule has 0 aliphatic carbocycles. The summed E-state index contributed by atoms with van der Waals surface area (Å²) in [6, 6.07) is 17.5. The molecule has 0 unspecified atom stereocenters. The zero-order chi connectivity index (χ0) is 23.0. The third-order valence-electron chi connectivity index (χ3n) is 5.32. The highest BCUT2D eigenvalue weighted by atomic mass is 32.2. The molecule has 4 aromatic rings. The number of aromatic nitrogens is 2. The molecule has 0 atom stereocenters. The van der Waals surface area contributed by atoms with E-state index in [1.807, 2.05) is 0 Å². The molecule has 0 aliphatic heterocycles. The Morgan fingerprint density at radius 2 is 1.50 bits per heavy atom. The molecule has 4 rings (SSSR count). The van der Waals surface area contributed by atoms with Crippen LogP contribution in [0.4, 0.5) is 5.69 Å². The van der Waals surface area contributed by atoms with Crippen molar-refractivity contribution >= 4 is 32.5 Å². The Morgan fingerprint density at radius 3 is 2.16 bits per heavy atom. The first-order valence-corrected chi connectivity index (χ1v) is 11.2. The molecule has 32 heavy (non-hydrogen) atoms. The summed E-state index contributed by atoms with van der Waals surface area (Å²) in [7, 11) is 0.603. The number of fused-ring (bicyclic) bond motifs is 1. The normalized spacial score (nSPS) is 11.5. The van der Waals surface area contributed by atoms with E-state index >= 15 is 0 Å². The second-order valence-electron chi connectivity index (χ2n) is 7.21. The van der Waals surface area contributed by atoms with Gasteiger partial charge in [-0.25, -0.2) is 13.2 Å². The predicted molar refractivity (Wildman–Crippen MR) is 121 cm³/mol. The van der Waals surface area contributed by atoms with Crippen molar-refractivity contribution in [3.63, 3.8) is 0 Å². The fourth-order valence-corrected chi connectivity index (χ4v) is 5.03. The van der Waals surface area contributed by atoms with Gasteiger partial charge >= 0.3 is 5.69 Å². The van der Waals surface area contributed by atoms with Crippen LogP contribution in [0.2, 0.25) is 0 Å². The molecule has 1 N–H and O–H groups in total. The molecule has 3 aromatic carbocycles. The van der Waals surface area contributed by atoms with Crippen molar-refractivity contribution in [1.82, 2.24) is 9.13 Å². The summed E-state index contributed by atoms with van der Waals surface area (Å²) in [5.74, 6) is -0.183. The lowest BCUT2D eigenvalue weighted by atomic mass is 10.1. The van der Waals surface area contributed by atoms with Gasteiger partial charge in [0, 0.05) is 14.1 Å². The molecule has 0 fully saturated rings. The lowest BCUT2D eigenvalue weighted by Crippen LogP contribution is -2.19. The van der Waals surface area contributed by atoms with Gasteiger partial charge in [0.1, 0.15) is 5.75 Å². The number of sulfone groups is 1. The van der Waals surface area contributed by atoms with Crippen molar-refractivity contribution < 1.29 is 17.9 Å². The van der Waals surface area contributed by atoms with Crippen LogP contribution >= 0.6 is 0 Å². The van der Waals surface area contributed by atoms with Gasteiger partial charge in [0.15, 0.2) is 0 Å². The van der Waals surface area contributed by atoms with Crippen LogP contribution in [0.25, 0.3) is 11.0 Å². The molecule has 164 valence electrons. The number of imidazole rings is 1. The number of aryl methyl sites for hydroxylation is 2. The Kier molecular flexibility index (Phi) is 5.35. The minimum absolute atomic E-state index is 0.0680. The fourth-order valence-electron chi connectivity index (χ4n) is 3.59. The molecule has 8 nitrogen and oxygen atoms in total. The van der Waals surface area contributed by atoms with Crippen molar-refractivity contribution in [3.8, 4) is 5.75 Å². The highest BCUT2D eigenvalue weighted by Gasteiger charge is 2.25. The Balaban J connectivity index is 1.94. The van der Waals surface area contributed by atoms with E-state index in [1.165, 1.54) is 40.5 Å². The predicted octanol–water partition coefficient (Wildman–Crippen LogP) is 2.97. The van der Waals surface area contributed by atoms with E-state index in [9.17, 15) is 18.0 Å². The van der Waals surface area contributed by atoms with Gasteiger partial charge in [-0.1, -0.05) is 30.3 Å². The maximum absolute atomic E-state index is 13.5. The molecule has 1 heterocycles. The molecule has 9 heteroatoms. The number of nitrogens with one attached hydrogen (secondary N) is 1. The Hall–Kier alpha value is -3.85. The minimum atomic E-state index is -4.00. The average Bonchev–Trinajstić information content (AvgIpc) is 3.02. The number of carbonyl (C=O) groups excluding carboxylic acids is 1. The van der Waals surface area contributed by atoms with Crippen molar-refractivity contribution in [2.75, 3.05) is 12.4 Å². The van der Waals surface area contributed by atoms with E-state index in [-0.39, 0.29) is 26.7 Å². The summed E-state index contributed by atoms with van der Waals surface area (Å²) in [6.45, 7) is 0. The molecule has 0 aliphatic rings. The quantitative estimate of drug-likeness (QED) is 0.503. The summed E-state index contributed by atoms with van der Waals surface area (Å²) in [6.07, 6.45) is 0. The molecule has 0 bridgehead atoms. The van der Waals surface area contributed by atoms with Gasteiger partial charge in [0.2, 0.25) is 9.84 Å². The number of hydrogen-bond acceptors (Lipinski definition) is 5. The zero-order valence-electron chi connectivity index (χ0n) is 17.7. The number of rotatable bonds is 5. The number of hydrogen-bond donors (Lipinski definition) is 1. The highest BCUT2D eigenvalue weighted by Crippen LogP contribution is 2.32. The van der Waals surface area contributed by atoms with Crippen LogP contribution in [0.3, 0.4) is 0 Å². The van der Waals surface area contributed by atoms with Crippen LogP contribution in [0.1, 0.15) is 10.4 Å². The van der Waals surface area contributed by atoms with Crippen LogP contribution in [0, 0.1) is 0 Å². The third-order valence-corrected chi connectivity index (χ3v) is 7.13. The molecule has 0 saturated carbocycles. The summed E-state index contributed by atoms with van der Waals surface area (Å²) in [5.41, 5.74) is 0.928. The van der Waals surface area contributed by atoms with Gasteiger partial charge in [-0.2, -0.15) is 0 Å². The number of methoxy groups -OCH3 is 1. The Labute approximate surface area is 184 Å². The maximum atomic E-state index is 13.5. The van der Waals surface area contributed by atoms with E-state index in [4.69, 9.17) is 4.74 Å². The monoisotopic (exact) mass is 451 g/mol. The Morgan fingerprint density at radius 1 is 0.906 bits per heavy atom. The lowest BCUT2D eigenvalue weighted by molar-refractivity contribution is 0.102. The SMILES string of the molecule is COc1ccccc1C(=O)Nc1cc2c(cc1S(=O)(=O)c1ccccc1)n(C)c(=O)n2C. The molecule has 0 spiro atoms. The van der Waals surface area contributed by atoms with E-state index < -0.39 is 15.7 Å². The molecule has 1 amide bonds. The number of amides is 1. The molecular weight excluding hydrogens is 430 g/mol. The number of anilines is 1. The van der Waals surface area contributed by atoms with Crippen molar-refractivity contribution in [2.45, 2.75) is 9.79 Å². The van der Waals surface area contributed by atoms with Gasteiger partial charge in [0.05, 0.1) is 39.2 Å². The average molecular weight is 452 g/mol. The number of para-hydroxylation sites is 1. The standard InChI is InChI=1S/C23H21N3O5S/c1-25-18-13-17(24-22(27)16-11-7-8-12-20(16)31-3)21(14-19(18)26(2)23(25)28)32(29,30)15-9-5-4-6-10-15/h4-14H,1-3H3,(H,24,27). The molecule has 0 radical (unpaired) electrons. The first-order valence-electron chi connectivity index (χ1n) is 9.69. The number of benzene rings is 3. The lowest BCUT2D eigenvalue weighted by Gasteiger charge is -2.14. The third kappa shape index (κ3) is 3.46. The van der Waals surface area contributed by atoms with Crippen molar-refractivity contribution in [3.05, 3.63) is 82.8 Å². The van der Waals surface area contributed by atoms with Gasteiger partial charge in [-0.05, 0) is 36.4 Å². The van der Waals surface area contributed by atoms with Crippen LogP contribution in [0.15, 0.2) is 81.3 Å². The minimum Gasteiger partial charge on any atom is -0.496 e. The van der Waals surface area contributed by atoms with Gasteiger partial charge in [-0.3, -0.25) is 13.9 Å². The number of carbonyl (C=O) groups is 1. The summed E-state index contributed by atoms with van der Waals surface area (Å²) in [5, 5.41) is 2.70. The topological polar surface area (TPSA) is 99.4 Å². The fraction of sp³-hybridized carbons (Fsp3) is 0.130. The van der Waals surface area contributed by atoms with Gasteiger partial charge in [0.25, 0.3) is 5.91 Å². The van der Waals surface area contributed by atoms with E-state index in [1.54, 1.807) is 56.6 Å². The van der Waals surface area contributed by atoms with Crippen LogP contribution in [0.5, 0.6) is 5.75 Å². The summed E-state index contributed by atoms with van der Waals surface area (Å²) in [4.78, 5) is 25.4. The molecule has 0 saturated heterocycles. The summed E-state index contributed by atoms with van der Waals surface area (Å²) < 4.78 is 35.0. The second kappa shape index (κ2) is 8.01. The first-order chi connectivity index (χ1) is 15.3. The number of ether oxygens (including phenoxy) is 1. The van der Waals surface area contributed by atoms with E-state index in [0.717, 1.165) is 0 Å². The summed E-state index contributed by atoms with van der Waals surface area (Å²) >= 11 is 0. The largest absolute Gasteiger partial charge is 0.496 e. The first kappa shape index (κ1) is 21.4. The highest BCUT2D eigenvalue weighted by molar-refractivity contribution is 7.91. The van der Waals surface area contributed by atoms with Crippen LogP contribution in [-0.4, -0.2) is 30.6 Å². The molecular formula is C23H21N3O5S. The number of nitrogens with zero attached hydrogens (tertiary/aromatic N) is 2. The van der Waals surface area contributed by atoms with E-state index in [2.05, 4.69) is 5.32 Å². The second-order valence-corrected chi connectivity index (χ2v) is 9.13. The van der Waals surface area contributed by atoms with Crippen molar-refractivity contribution in [2.24, 2.45) is 14.1 Å².